The van der Waals surface area contributed by atoms with Crippen molar-refractivity contribution in [3.8, 4) is 0 Å². The van der Waals surface area contributed by atoms with Gasteiger partial charge in [0.05, 0.1) is 10.6 Å². The average molecular weight is 275 g/mol. The first-order chi connectivity index (χ1) is 8.16. The Kier molecular flexibility index (Phi) is 6.30. The molecule has 1 aromatic heterocycles. The van der Waals surface area contributed by atoms with Crippen molar-refractivity contribution in [3.63, 3.8) is 0 Å². The van der Waals surface area contributed by atoms with Gasteiger partial charge in [0.15, 0.2) is 0 Å². The van der Waals surface area contributed by atoms with Gasteiger partial charge in [-0.15, -0.1) is 11.6 Å². The van der Waals surface area contributed by atoms with Gasteiger partial charge in [0.25, 0.3) is 5.91 Å². The van der Waals surface area contributed by atoms with Crippen LogP contribution in [0.1, 0.15) is 29.6 Å². The third-order valence-corrected chi connectivity index (χ3v) is 3.05. The Balaban J connectivity index is 2.49. The Morgan fingerprint density at radius 2 is 2.18 bits per heavy atom. The van der Waals surface area contributed by atoms with Crippen molar-refractivity contribution in [2.24, 2.45) is 0 Å². The molecule has 1 aromatic rings. The summed E-state index contributed by atoms with van der Waals surface area (Å²) < 4.78 is 0. The van der Waals surface area contributed by atoms with Crippen LogP contribution in [0.15, 0.2) is 18.5 Å². The molecule has 0 aliphatic rings. The Hall–Kier alpha value is -0.800. The minimum atomic E-state index is -0.0664. The van der Waals surface area contributed by atoms with Gasteiger partial charge in [-0.05, 0) is 18.9 Å². The number of alkyl halides is 1. The average Bonchev–Trinajstić information content (AvgIpc) is 2.34. The molecule has 0 aliphatic heterocycles. The van der Waals surface area contributed by atoms with Crippen LogP contribution in [-0.2, 0) is 0 Å². The lowest BCUT2D eigenvalue weighted by atomic mass is 10.2. The van der Waals surface area contributed by atoms with E-state index in [0.717, 1.165) is 19.3 Å². The predicted molar refractivity (Wildman–Crippen MR) is 70.8 cm³/mol. The second-order valence-electron chi connectivity index (χ2n) is 3.83. The van der Waals surface area contributed by atoms with Crippen molar-refractivity contribution in [1.29, 1.82) is 0 Å². The SMILES string of the molecule is CN(CCCCCCl)C(=O)c1ccncc1Cl. The van der Waals surface area contributed by atoms with Gasteiger partial charge in [-0.1, -0.05) is 18.0 Å². The maximum atomic E-state index is 12.0. The van der Waals surface area contributed by atoms with Crippen LogP contribution in [0.4, 0.5) is 0 Å². The summed E-state index contributed by atoms with van der Waals surface area (Å²) in [5.41, 5.74) is 0.501. The quantitative estimate of drug-likeness (QED) is 0.590. The number of nitrogens with zero attached hydrogens (tertiary/aromatic N) is 2. The largest absolute Gasteiger partial charge is 0.342 e. The van der Waals surface area contributed by atoms with E-state index in [1.165, 1.54) is 6.20 Å². The maximum absolute atomic E-state index is 12.0. The van der Waals surface area contributed by atoms with Crippen molar-refractivity contribution >= 4 is 29.1 Å². The van der Waals surface area contributed by atoms with Crippen molar-refractivity contribution in [1.82, 2.24) is 9.88 Å². The van der Waals surface area contributed by atoms with Crippen LogP contribution in [0.3, 0.4) is 0 Å². The van der Waals surface area contributed by atoms with Gasteiger partial charge in [0.1, 0.15) is 0 Å². The molecule has 1 rings (SSSR count). The number of amides is 1. The van der Waals surface area contributed by atoms with Crippen LogP contribution in [0.5, 0.6) is 0 Å². The van der Waals surface area contributed by atoms with E-state index in [1.807, 2.05) is 0 Å². The van der Waals surface area contributed by atoms with Gasteiger partial charge >= 0.3 is 0 Å². The minimum absolute atomic E-state index is 0.0664. The fourth-order valence-corrected chi connectivity index (χ4v) is 1.87. The van der Waals surface area contributed by atoms with Gasteiger partial charge in [-0.2, -0.15) is 0 Å². The molecule has 1 heterocycles. The zero-order valence-corrected chi connectivity index (χ0v) is 11.3. The zero-order valence-electron chi connectivity index (χ0n) is 9.83. The second kappa shape index (κ2) is 7.51. The van der Waals surface area contributed by atoms with E-state index < -0.39 is 0 Å². The van der Waals surface area contributed by atoms with Crippen LogP contribution in [0, 0.1) is 0 Å². The molecule has 0 saturated carbocycles. The maximum Gasteiger partial charge on any atom is 0.255 e. The van der Waals surface area contributed by atoms with Crippen LogP contribution >= 0.6 is 23.2 Å². The molecule has 0 N–H and O–H groups in total. The highest BCUT2D eigenvalue weighted by atomic mass is 35.5. The number of unbranched alkanes of at least 4 members (excludes halogenated alkanes) is 2. The van der Waals surface area contributed by atoms with E-state index in [1.54, 1.807) is 24.2 Å². The summed E-state index contributed by atoms with van der Waals surface area (Å²) in [6, 6.07) is 1.64. The number of hydrogen-bond acceptors (Lipinski definition) is 2. The number of hydrogen-bond donors (Lipinski definition) is 0. The third-order valence-electron chi connectivity index (χ3n) is 2.48. The van der Waals surface area contributed by atoms with Gasteiger partial charge in [-0.25, -0.2) is 0 Å². The van der Waals surface area contributed by atoms with Crippen LogP contribution in [0.2, 0.25) is 5.02 Å². The Morgan fingerprint density at radius 1 is 1.41 bits per heavy atom. The van der Waals surface area contributed by atoms with Gasteiger partial charge in [0.2, 0.25) is 0 Å². The molecule has 0 unspecified atom stereocenters. The van der Waals surface area contributed by atoms with Crippen LogP contribution in [-0.4, -0.2) is 35.3 Å². The lowest BCUT2D eigenvalue weighted by Crippen LogP contribution is -2.28. The van der Waals surface area contributed by atoms with Crippen molar-refractivity contribution in [2.45, 2.75) is 19.3 Å². The second-order valence-corrected chi connectivity index (χ2v) is 4.62. The summed E-state index contributed by atoms with van der Waals surface area (Å²) >= 11 is 11.5. The van der Waals surface area contributed by atoms with E-state index in [0.29, 0.717) is 23.0 Å². The van der Waals surface area contributed by atoms with Crippen molar-refractivity contribution in [2.75, 3.05) is 19.5 Å². The topological polar surface area (TPSA) is 33.2 Å². The standard InChI is InChI=1S/C12H16Cl2N2O/c1-16(8-4-2-3-6-13)12(17)10-5-7-15-9-11(10)14/h5,7,9H,2-4,6,8H2,1H3. The van der Waals surface area contributed by atoms with E-state index in [2.05, 4.69) is 4.98 Å². The highest BCUT2D eigenvalue weighted by Gasteiger charge is 2.14. The number of halogens is 2. The molecule has 1 amide bonds. The highest BCUT2D eigenvalue weighted by molar-refractivity contribution is 6.33. The van der Waals surface area contributed by atoms with Crippen molar-refractivity contribution < 1.29 is 4.79 Å². The van der Waals surface area contributed by atoms with Crippen molar-refractivity contribution in [3.05, 3.63) is 29.0 Å². The molecule has 0 radical (unpaired) electrons. The molecule has 0 aromatic carbocycles. The molecule has 0 atom stereocenters. The first-order valence-corrected chi connectivity index (χ1v) is 6.49. The highest BCUT2D eigenvalue weighted by Crippen LogP contribution is 2.15. The van der Waals surface area contributed by atoms with E-state index in [-0.39, 0.29) is 5.91 Å². The Bertz CT molecular complexity index is 371. The van der Waals surface area contributed by atoms with Gasteiger partial charge in [-0.3, -0.25) is 9.78 Å². The summed E-state index contributed by atoms with van der Waals surface area (Å²) in [7, 11) is 1.78. The van der Waals surface area contributed by atoms with Crippen LogP contribution in [0.25, 0.3) is 0 Å². The molecule has 3 nitrogen and oxygen atoms in total. The van der Waals surface area contributed by atoms with E-state index in [9.17, 15) is 4.79 Å². The number of rotatable bonds is 6. The molecule has 0 aliphatic carbocycles. The Morgan fingerprint density at radius 3 is 2.82 bits per heavy atom. The molecular weight excluding hydrogens is 259 g/mol. The molecule has 0 bridgehead atoms. The first kappa shape index (κ1) is 14.3. The number of carbonyl (C=O) groups is 1. The first-order valence-electron chi connectivity index (χ1n) is 5.57. The third kappa shape index (κ3) is 4.52. The molecule has 17 heavy (non-hydrogen) atoms. The molecular formula is C12H16Cl2N2O. The minimum Gasteiger partial charge on any atom is -0.342 e. The summed E-state index contributed by atoms with van der Waals surface area (Å²) in [6.07, 6.45) is 6.03. The lowest BCUT2D eigenvalue weighted by Gasteiger charge is -2.17. The number of carbonyl (C=O) groups excluding carboxylic acids is 1. The normalized spacial score (nSPS) is 10.3. The summed E-state index contributed by atoms with van der Waals surface area (Å²) in [4.78, 5) is 17.5. The molecule has 0 spiro atoms. The monoisotopic (exact) mass is 274 g/mol. The van der Waals surface area contributed by atoms with Crippen LogP contribution < -0.4 is 0 Å². The molecule has 0 saturated heterocycles. The zero-order chi connectivity index (χ0) is 12.7. The van der Waals surface area contributed by atoms with E-state index in [4.69, 9.17) is 23.2 Å². The fourth-order valence-electron chi connectivity index (χ4n) is 1.48. The number of pyridine rings is 1. The fraction of sp³-hybridized carbons (Fsp3) is 0.500. The Labute approximate surface area is 112 Å². The van der Waals surface area contributed by atoms with Gasteiger partial charge in [0, 0.05) is 31.9 Å². The number of aromatic nitrogens is 1. The molecule has 94 valence electrons. The molecule has 0 fully saturated rings. The van der Waals surface area contributed by atoms with E-state index >= 15 is 0 Å². The lowest BCUT2D eigenvalue weighted by molar-refractivity contribution is 0.0793. The van der Waals surface area contributed by atoms with Gasteiger partial charge < -0.3 is 4.90 Å². The predicted octanol–water partition coefficient (Wildman–Crippen LogP) is 3.22. The smallest absolute Gasteiger partial charge is 0.255 e. The summed E-state index contributed by atoms with van der Waals surface area (Å²) in [5.74, 6) is 0.608. The summed E-state index contributed by atoms with van der Waals surface area (Å²) in [6.45, 7) is 0.717. The molecule has 5 heteroatoms. The summed E-state index contributed by atoms with van der Waals surface area (Å²) in [5, 5.41) is 0.394.